The summed E-state index contributed by atoms with van der Waals surface area (Å²) in [6.07, 6.45) is 2.76. The van der Waals surface area contributed by atoms with Crippen molar-refractivity contribution in [2.75, 3.05) is 23.8 Å². The summed E-state index contributed by atoms with van der Waals surface area (Å²) in [5.41, 5.74) is 1.93. The van der Waals surface area contributed by atoms with E-state index in [1.165, 1.54) is 0 Å². The summed E-state index contributed by atoms with van der Waals surface area (Å²) in [6, 6.07) is 9.58. The van der Waals surface area contributed by atoms with Crippen molar-refractivity contribution < 1.29 is 13.9 Å². The van der Waals surface area contributed by atoms with Gasteiger partial charge in [-0.05, 0) is 58.4 Å². The number of hydrogen-bond acceptors (Lipinski definition) is 9. The van der Waals surface area contributed by atoms with Crippen LogP contribution < -0.4 is 10.6 Å². The molecule has 0 bridgehead atoms. The number of pyridine rings is 1. The third-order valence-corrected chi connectivity index (χ3v) is 5.24. The van der Waals surface area contributed by atoms with Crippen LogP contribution in [0.3, 0.4) is 0 Å². The lowest BCUT2D eigenvalue weighted by Crippen LogP contribution is -2.27. The fourth-order valence-corrected chi connectivity index (χ4v) is 3.69. The predicted molar refractivity (Wildman–Crippen MR) is 128 cm³/mol. The van der Waals surface area contributed by atoms with E-state index in [9.17, 15) is 0 Å². The predicted octanol–water partition coefficient (Wildman–Crippen LogP) is 4.35. The maximum absolute atomic E-state index is 5.91. The van der Waals surface area contributed by atoms with E-state index in [1.54, 1.807) is 10.7 Å². The topological polar surface area (TPSA) is 112 Å². The van der Waals surface area contributed by atoms with Gasteiger partial charge in [-0.3, -0.25) is 0 Å². The number of anilines is 3. The lowest BCUT2D eigenvalue weighted by atomic mass is 10.1. The van der Waals surface area contributed by atoms with Gasteiger partial charge in [-0.25, -0.2) is 4.98 Å². The van der Waals surface area contributed by atoms with Crippen LogP contribution in [0, 0.1) is 6.92 Å². The number of fused-ring (bicyclic) bond motifs is 1. The zero-order chi connectivity index (χ0) is 23.7. The van der Waals surface area contributed by atoms with Gasteiger partial charge in [-0.1, -0.05) is 6.07 Å². The Bertz CT molecular complexity index is 1290. The number of ether oxygens (including phenoxy) is 2. The monoisotopic (exact) mass is 463 g/mol. The summed E-state index contributed by atoms with van der Waals surface area (Å²) >= 11 is 0. The van der Waals surface area contributed by atoms with Crippen LogP contribution in [0.2, 0.25) is 0 Å². The Kier molecular flexibility index (Phi) is 5.93. The third kappa shape index (κ3) is 5.02. The first-order chi connectivity index (χ1) is 16.3. The summed E-state index contributed by atoms with van der Waals surface area (Å²) in [4.78, 5) is 14.1. The van der Waals surface area contributed by atoms with Crippen LogP contribution in [-0.4, -0.2) is 49.4 Å². The summed E-state index contributed by atoms with van der Waals surface area (Å²) in [5, 5.41) is 11.2. The molecule has 178 valence electrons. The quantitative estimate of drug-likeness (QED) is 0.413. The largest absolute Gasteiger partial charge is 0.458 e. The van der Waals surface area contributed by atoms with Crippen LogP contribution in [0.25, 0.3) is 17.2 Å². The molecule has 10 heteroatoms. The fourth-order valence-electron chi connectivity index (χ4n) is 3.69. The molecule has 2 N–H and O–H groups in total. The molecule has 0 amide bonds. The molecular weight excluding hydrogens is 434 g/mol. The van der Waals surface area contributed by atoms with Crippen molar-refractivity contribution >= 4 is 23.1 Å². The highest BCUT2D eigenvalue weighted by Gasteiger charge is 2.20. The van der Waals surface area contributed by atoms with Crippen molar-refractivity contribution in [2.24, 2.45) is 0 Å². The van der Waals surface area contributed by atoms with Crippen LogP contribution in [0.15, 0.2) is 40.9 Å². The smallest absolute Gasteiger partial charge is 0.227 e. The van der Waals surface area contributed by atoms with E-state index >= 15 is 0 Å². The molecule has 5 rings (SSSR count). The average Bonchev–Trinajstić information content (AvgIpc) is 3.53. The number of hydrogen-bond donors (Lipinski definition) is 2. The molecule has 1 saturated heterocycles. The molecule has 0 spiro atoms. The lowest BCUT2D eigenvalue weighted by Gasteiger charge is -2.20. The van der Waals surface area contributed by atoms with Crippen LogP contribution >= 0.6 is 0 Å². The Balaban J connectivity index is 1.45. The Morgan fingerprint density at radius 2 is 2.03 bits per heavy atom. The average molecular weight is 464 g/mol. The molecule has 1 atom stereocenters. The van der Waals surface area contributed by atoms with Gasteiger partial charge in [0.1, 0.15) is 17.3 Å². The van der Waals surface area contributed by atoms with Crippen molar-refractivity contribution in [2.45, 2.75) is 52.4 Å². The minimum absolute atomic E-state index is 0.132. The molecule has 4 aromatic heterocycles. The Morgan fingerprint density at radius 3 is 2.76 bits per heavy atom. The van der Waals surface area contributed by atoms with Gasteiger partial charge < -0.3 is 24.5 Å². The van der Waals surface area contributed by atoms with Crippen molar-refractivity contribution in [3.05, 3.63) is 48.0 Å². The van der Waals surface area contributed by atoms with Crippen molar-refractivity contribution in [1.82, 2.24) is 24.6 Å². The maximum atomic E-state index is 5.91. The minimum Gasteiger partial charge on any atom is -0.458 e. The standard InChI is InChI=1S/C24H29N7O3/c1-15-8-9-19(34-15)22-29-23(30-24(2,3)4)28-21-18(12-25-31(21)22)27-20-7-5-6-16(26-20)13-33-17-10-11-32-14-17/h5-9,12,17H,10-11,13-14H2,1-4H3,(H,26,27)(H,28,30)/t17-/m0/s1. The summed E-state index contributed by atoms with van der Waals surface area (Å²) in [7, 11) is 0. The Labute approximate surface area is 197 Å². The Hall–Kier alpha value is -3.50. The zero-order valence-electron chi connectivity index (χ0n) is 19.8. The zero-order valence-corrected chi connectivity index (χ0v) is 19.8. The molecular formula is C24H29N7O3. The molecule has 0 saturated carbocycles. The van der Waals surface area contributed by atoms with E-state index < -0.39 is 0 Å². The van der Waals surface area contributed by atoms with Crippen LogP contribution in [0.5, 0.6) is 0 Å². The molecule has 34 heavy (non-hydrogen) atoms. The van der Waals surface area contributed by atoms with E-state index in [0.717, 1.165) is 24.5 Å². The first kappa shape index (κ1) is 22.3. The van der Waals surface area contributed by atoms with Crippen molar-refractivity contribution in [3.8, 4) is 11.6 Å². The molecule has 0 radical (unpaired) electrons. The molecule has 4 aromatic rings. The highest BCUT2D eigenvalue weighted by molar-refractivity contribution is 5.74. The number of aromatic nitrogens is 5. The van der Waals surface area contributed by atoms with Crippen LogP contribution in [0.4, 0.5) is 17.5 Å². The van der Waals surface area contributed by atoms with Gasteiger partial charge in [0.15, 0.2) is 11.4 Å². The van der Waals surface area contributed by atoms with Gasteiger partial charge >= 0.3 is 0 Å². The van der Waals surface area contributed by atoms with Gasteiger partial charge in [0.2, 0.25) is 11.8 Å². The van der Waals surface area contributed by atoms with Gasteiger partial charge in [-0.15, -0.1) is 0 Å². The Morgan fingerprint density at radius 1 is 1.15 bits per heavy atom. The molecule has 0 unspecified atom stereocenters. The number of nitrogens with zero attached hydrogens (tertiary/aromatic N) is 5. The van der Waals surface area contributed by atoms with E-state index in [2.05, 4.69) is 46.5 Å². The first-order valence-electron chi connectivity index (χ1n) is 11.4. The van der Waals surface area contributed by atoms with E-state index in [4.69, 9.17) is 18.9 Å². The highest BCUT2D eigenvalue weighted by Crippen LogP contribution is 2.27. The first-order valence-corrected chi connectivity index (χ1v) is 11.4. The lowest BCUT2D eigenvalue weighted by molar-refractivity contribution is 0.0302. The van der Waals surface area contributed by atoms with Gasteiger partial charge in [0, 0.05) is 12.1 Å². The molecule has 5 heterocycles. The number of furan rings is 1. The van der Waals surface area contributed by atoms with Crippen molar-refractivity contribution in [1.29, 1.82) is 0 Å². The second-order valence-electron chi connectivity index (χ2n) is 9.39. The van der Waals surface area contributed by atoms with E-state index in [1.807, 2.05) is 37.3 Å². The molecule has 0 aromatic carbocycles. The molecule has 1 aliphatic rings. The molecule has 1 aliphatic heterocycles. The summed E-state index contributed by atoms with van der Waals surface area (Å²) in [6.45, 7) is 9.90. The number of rotatable bonds is 7. The third-order valence-electron chi connectivity index (χ3n) is 5.24. The maximum Gasteiger partial charge on any atom is 0.227 e. The summed E-state index contributed by atoms with van der Waals surface area (Å²) < 4.78 is 18.8. The highest BCUT2D eigenvalue weighted by atomic mass is 16.5. The fraction of sp³-hybridized carbons (Fsp3) is 0.417. The molecule has 0 aliphatic carbocycles. The van der Waals surface area contributed by atoms with Gasteiger partial charge in [0.05, 0.1) is 31.2 Å². The second-order valence-corrected chi connectivity index (χ2v) is 9.39. The number of aryl methyl sites for hydroxylation is 1. The molecule has 1 fully saturated rings. The van der Waals surface area contributed by atoms with Gasteiger partial charge in [-0.2, -0.15) is 19.6 Å². The number of nitrogens with one attached hydrogen (secondary N) is 2. The second kappa shape index (κ2) is 9.03. The SMILES string of the molecule is Cc1ccc(-c2nc(NC(C)(C)C)nc3c(Nc4cccc(CO[C@H]5CCOC5)n4)cnn23)o1. The summed E-state index contributed by atoms with van der Waals surface area (Å²) in [5.74, 6) is 3.14. The molecule has 10 nitrogen and oxygen atoms in total. The van der Waals surface area contributed by atoms with E-state index in [0.29, 0.717) is 47.9 Å². The van der Waals surface area contributed by atoms with Crippen LogP contribution in [-0.2, 0) is 16.1 Å². The van der Waals surface area contributed by atoms with Crippen LogP contribution in [0.1, 0.15) is 38.6 Å². The normalized spacial score (nSPS) is 16.3. The van der Waals surface area contributed by atoms with Gasteiger partial charge in [0.25, 0.3) is 0 Å². The van der Waals surface area contributed by atoms with Crippen molar-refractivity contribution in [3.63, 3.8) is 0 Å². The minimum atomic E-state index is -0.220. The van der Waals surface area contributed by atoms with E-state index in [-0.39, 0.29) is 11.6 Å².